The Hall–Kier alpha value is -2.38. The number of ketones is 1. The van der Waals surface area contributed by atoms with Crippen molar-refractivity contribution in [1.29, 1.82) is 0 Å². The molecule has 0 saturated carbocycles. The Morgan fingerprint density at radius 3 is 2.93 bits per heavy atom. The van der Waals surface area contributed by atoms with Gasteiger partial charge in [0, 0.05) is 29.4 Å². The summed E-state index contributed by atoms with van der Waals surface area (Å²) in [6.45, 7) is 3.07. The van der Waals surface area contributed by atoms with Crippen molar-refractivity contribution < 1.29 is 24.5 Å². The Labute approximate surface area is 170 Å². The van der Waals surface area contributed by atoms with Crippen LogP contribution in [0.4, 0.5) is 5.69 Å². The summed E-state index contributed by atoms with van der Waals surface area (Å²) >= 11 is 0. The molecule has 7 heteroatoms. The number of hydrogen-bond acceptors (Lipinski definition) is 6. The number of nitrogens with one attached hydrogen (secondary N) is 1. The Bertz CT molecular complexity index is 867. The second kappa shape index (κ2) is 7.46. The molecule has 1 amide bonds. The molecule has 3 aliphatic rings. The third-order valence-electron chi connectivity index (χ3n) is 7.09. The third-order valence-corrected chi connectivity index (χ3v) is 7.09. The minimum atomic E-state index is -0.821. The standard InChI is InChI=1S/C22H28N2O5/c1-3-13-10-24-8-7-22(20-16(23-21(22)28)5-4-6-17(20)26)19(24)9-14(13)15(12-29-2)18(27)11-25/h4-6,12-14,19,25-26H,3,7-11H2,1-2H3,(H,23,28). The van der Waals surface area contributed by atoms with E-state index in [1.165, 1.54) is 13.4 Å². The number of aliphatic hydroxyl groups excluding tert-OH is 1. The predicted octanol–water partition coefficient (Wildman–Crippen LogP) is 1.79. The highest BCUT2D eigenvalue weighted by molar-refractivity contribution is 6.08. The molecule has 1 spiro atoms. The molecule has 1 aromatic carbocycles. The van der Waals surface area contributed by atoms with E-state index in [0.29, 0.717) is 29.7 Å². The lowest BCUT2D eigenvalue weighted by atomic mass is 9.67. The minimum absolute atomic E-state index is 0.0824. The average molecular weight is 400 g/mol. The normalized spacial score (nSPS) is 31.5. The maximum absolute atomic E-state index is 13.2. The van der Waals surface area contributed by atoms with E-state index >= 15 is 0 Å². The molecule has 0 bridgehead atoms. The topological polar surface area (TPSA) is 99.1 Å². The summed E-state index contributed by atoms with van der Waals surface area (Å²) < 4.78 is 5.17. The van der Waals surface area contributed by atoms with Gasteiger partial charge < -0.3 is 20.3 Å². The van der Waals surface area contributed by atoms with Gasteiger partial charge in [-0.3, -0.25) is 14.5 Å². The fraction of sp³-hybridized carbons (Fsp3) is 0.545. The first-order chi connectivity index (χ1) is 14.0. The van der Waals surface area contributed by atoms with Gasteiger partial charge in [0.1, 0.15) is 12.4 Å². The smallest absolute Gasteiger partial charge is 0.236 e. The number of Topliss-reactive ketones (excluding diaryl/α,β-unsaturated/α-hetero) is 1. The number of rotatable bonds is 5. The Morgan fingerprint density at radius 2 is 2.24 bits per heavy atom. The summed E-state index contributed by atoms with van der Waals surface area (Å²) in [6.07, 6.45) is 3.56. The highest BCUT2D eigenvalue weighted by atomic mass is 16.5. The number of phenols is 1. The van der Waals surface area contributed by atoms with Crippen LogP contribution in [0.15, 0.2) is 30.0 Å². The van der Waals surface area contributed by atoms with E-state index < -0.39 is 12.0 Å². The average Bonchev–Trinajstić information content (AvgIpc) is 3.24. The predicted molar refractivity (Wildman–Crippen MR) is 107 cm³/mol. The fourth-order valence-corrected chi connectivity index (χ4v) is 5.77. The first-order valence-corrected chi connectivity index (χ1v) is 10.2. The molecule has 0 aromatic heterocycles. The van der Waals surface area contributed by atoms with Crippen molar-refractivity contribution in [1.82, 2.24) is 4.90 Å². The van der Waals surface area contributed by atoms with Crippen molar-refractivity contribution in [3.05, 3.63) is 35.6 Å². The molecule has 0 radical (unpaired) electrons. The van der Waals surface area contributed by atoms with Crippen LogP contribution in [0.5, 0.6) is 5.75 Å². The number of ether oxygens (including phenoxy) is 1. The zero-order valence-corrected chi connectivity index (χ0v) is 16.9. The molecule has 4 rings (SSSR count). The van der Waals surface area contributed by atoms with Crippen LogP contribution in [-0.4, -0.2) is 59.7 Å². The van der Waals surface area contributed by atoms with Crippen LogP contribution >= 0.6 is 0 Å². The molecule has 4 atom stereocenters. The molecule has 2 saturated heterocycles. The molecule has 29 heavy (non-hydrogen) atoms. The van der Waals surface area contributed by atoms with Gasteiger partial charge in [-0.15, -0.1) is 0 Å². The van der Waals surface area contributed by atoms with Crippen molar-refractivity contribution in [2.45, 2.75) is 37.6 Å². The van der Waals surface area contributed by atoms with Crippen LogP contribution < -0.4 is 5.32 Å². The minimum Gasteiger partial charge on any atom is -0.508 e. The number of methoxy groups -OCH3 is 1. The lowest BCUT2D eigenvalue weighted by Gasteiger charge is -2.45. The van der Waals surface area contributed by atoms with E-state index in [2.05, 4.69) is 17.1 Å². The zero-order chi connectivity index (χ0) is 20.8. The van der Waals surface area contributed by atoms with Gasteiger partial charge in [-0.2, -0.15) is 0 Å². The summed E-state index contributed by atoms with van der Waals surface area (Å²) in [4.78, 5) is 28.0. The van der Waals surface area contributed by atoms with Gasteiger partial charge in [-0.1, -0.05) is 19.4 Å². The molecular formula is C22H28N2O5. The maximum atomic E-state index is 13.2. The Morgan fingerprint density at radius 1 is 1.45 bits per heavy atom. The lowest BCUT2D eigenvalue weighted by Crippen LogP contribution is -2.53. The first-order valence-electron chi connectivity index (χ1n) is 10.2. The number of amides is 1. The first kappa shape index (κ1) is 19.9. The van der Waals surface area contributed by atoms with E-state index in [1.54, 1.807) is 12.1 Å². The largest absolute Gasteiger partial charge is 0.508 e. The van der Waals surface area contributed by atoms with Crippen LogP contribution in [0, 0.1) is 11.8 Å². The van der Waals surface area contributed by atoms with E-state index in [0.717, 1.165) is 19.5 Å². The molecule has 0 aliphatic carbocycles. The zero-order valence-electron chi connectivity index (χ0n) is 16.9. The summed E-state index contributed by atoms with van der Waals surface area (Å²) in [6, 6.07) is 5.06. The van der Waals surface area contributed by atoms with E-state index in [4.69, 9.17) is 4.74 Å². The van der Waals surface area contributed by atoms with E-state index in [1.807, 2.05) is 6.07 Å². The van der Waals surface area contributed by atoms with Crippen LogP contribution in [-0.2, 0) is 19.7 Å². The van der Waals surface area contributed by atoms with Gasteiger partial charge in [0.25, 0.3) is 0 Å². The van der Waals surface area contributed by atoms with E-state index in [9.17, 15) is 19.8 Å². The number of carbonyl (C=O) groups excluding carboxylic acids is 2. The molecule has 156 valence electrons. The number of piperidine rings is 1. The third kappa shape index (κ3) is 2.87. The lowest BCUT2D eigenvalue weighted by molar-refractivity contribution is -0.122. The van der Waals surface area contributed by atoms with Gasteiger partial charge in [-0.05, 0) is 43.4 Å². The Balaban J connectivity index is 1.77. The number of hydrogen-bond donors (Lipinski definition) is 3. The number of aliphatic hydroxyl groups is 1. The highest BCUT2D eigenvalue weighted by Gasteiger charge is 2.61. The molecule has 3 N–H and O–H groups in total. The second-order valence-electron chi connectivity index (χ2n) is 8.29. The molecular weight excluding hydrogens is 372 g/mol. The summed E-state index contributed by atoms with van der Waals surface area (Å²) in [5.74, 6) is -0.169. The number of fused-ring (bicyclic) bond motifs is 4. The van der Waals surface area contributed by atoms with Crippen LogP contribution in [0.2, 0.25) is 0 Å². The molecule has 2 fully saturated rings. The summed E-state index contributed by atoms with van der Waals surface area (Å²) in [5.41, 5.74) is 1.01. The number of benzene rings is 1. The van der Waals surface area contributed by atoms with Crippen molar-refractivity contribution in [2.75, 3.05) is 32.1 Å². The van der Waals surface area contributed by atoms with Gasteiger partial charge >= 0.3 is 0 Å². The van der Waals surface area contributed by atoms with Crippen molar-refractivity contribution in [3.8, 4) is 5.75 Å². The van der Waals surface area contributed by atoms with Gasteiger partial charge in [0.15, 0.2) is 5.78 Å². The number of phenolic OH excluding ortho intramolecular Hbond substituents is 1. The maximum Gasteiger partial charge on any atom is 0.236 e. The molecule has 3 heterocycles. The number of aromatic hydroxyl groups is 1. The molecule has 7 nitrogen and oxygen atoms in total. The number of carbonyl (C=O) groups is 2. The Kier molecular flexibility index (Phi) is 5.12. The van der Waals surface area contributed by atoms with Crippen LogP contribution in [0.25, 0.3) is 0 Å². The number of nitrogens with zero attached hydrogens (tertiary/aromatic N) is 1. The molecule has 1 aromatic rings. The van der Waals surface area contributed by atoms with Crippen LogP contribution in [0.3, 0.4) is 0 Å². The van der Waals surface area contributed by atoms with Gasteiger partial charge in [0.2, 0.25) is 5.91 Å². The molecule has 4 unspecified atom stereocenters. The van der Waals surface area contributed by atoms with Crippen molar-refractivity contribution in [2.24, 2.45) is 11.8 Å². The SMILES string of the molecule is CCC1CN2CCC3(C(=O)Nc4cccc(O)c43)C2CC1C(=COC)C(=O)CO. The van der Waals surface area contributed by atoms with Crippen molar-refractivity contribution >= 4 is 17.4 Å². The van der Waals surface area contributed by atoms with Crippen LogP contribution in [0.1, 0.15) is 31.7 Å². The van der Waals surface area contributed by atoms with Gasteiger partial charge in [-0.25, -0.2) is 0 Å². The molecule has 3 aliphatic heterocycles. The summed E-state index contributed by atoms with van der Waals surface area (Å²) in [7, 11) is 1.50. The van der Waals surface area contributed by atoms with Crippen molar-refractivity contribution in [3.63, 3.8) is 0 Å². The highest BCUT2D eigenvalue weighted by Crippen LogP contribution is 2.55. The summed E-state index contributed by atoms with van der Waals surface area (Å²) in [5, 5.41) is 23.0. The monoisotopic (exact) mass is 400 g/mol. The number of anilines is 1. The van der Waals surface area contributed by atoms with E-state index in [-0.39, 0.29) is 35.3 Å². The fourth-order valence-electron chi connectivity index (χ4n) is 5.77. The second-order valence-corrected chi connectivity index (χ2v) is 8.29. The quantitative estimate of drug-likeness (QED) is 0.515. The van der Waals surface area contributed by atoms with Gasteiger partial charge in [0.05, 0.1) is 18.8 Å².